The molecular formula is C11H23N. The maximum Gasteiger partial charge on any atom is -0.00178 e. The van der Waals surface area contributed by atoms with Crippen LogP contribution in [0.25, 0.3) is 0 Å². The standard InChI is InChI=1S/C11H23N/c1-4-7-12-8-10-5-6-11(10)9(2)3/h9-12H,4-8H2,1-3H3. The van der Waals surface area contributed by atoms with Gasteiger partial charge < -0.3 is 5.32 Å². The van der Waals surface area contributed by atoms with Crippen LogP contribution in [0, 0.1) is 17.8 Å². The molecule has 0 aliphatic heterocycles. The van der Waals surface area contributed by atoms with Crippen LogP contribution in [0.5, 0.6) is 0 Å². The smallest absolute Gasteiger partial charge is 0.00178 e. The summed E-state index contributed by atoms with van der Waals surface area (Å²) in [4.78, 5) is 0. The van der Waals surface area contributed by atoms with E-state index < -0.39 is 0 Å². The molecule has 0 radical (unpaired) electrons. The highest BCUT2D eigenvalue weighted by Gasteiger charge is 2.32. The topological polar surface area (TPSA) is 12.0 Å². The molecule has 1 heteroatoms. The van der Waals surface area contributed by atoms with E-state index in [-0.39, 0.29) is 0 Å². The van der Waals surface area contributed by atoms with Crippen LogP contribution in [0.3, 0.4) is 0 Å². The van der Waals surface area contributed by atoms with Crippen LogP contribution in [0.15, 0.2) is 0 Å². The van der Waals surface area contributed by atoms with Crippen molar-refractivity contribution in [2.24, 2.45) is 17.8 Å². The summed E-state index contributed by atoms with van der Waals surface area (Å²) in [6, 6.07) is 0. The van der Waals surface area contributed by atoms with Crippen LogP contribution in [0.2, 0.25) is 0 Å². The lowest BCUT2D eigenvalue weighted by molar-refractivity contribution is 0.120. The maximum absolute atomic E-state index is 3.52. The van der Waals surface area contributed by atoms with Crippen LogP contribution in [0.1, 0.15) is 40.0 Å². The van der Waals surface area contributed by atoms with E-state index in [1.54, 1.807) is 0 Å². The van der Waals surface area contributed by atoms with Crippen LogP contribution < -0.4 is 5.32 Å². The summed E-state index contributed by atoms with van der Waals surface area (Å²) in [6.07, 6.45) is 4.19. The maximum atomic E-state index is 3.52. The van der Waals surface area contributed by atoms with Crippen molar-refractivity contribution in [1.29, 1.82) is 0 Å². The summed E-state index contributed by atoms with van der Waals surface area (Å²) in [5.74, 6) is 2.89. The second kappa shape index (κ2) is 4.86. The van der Waals surface area contributed by atoms with Gasteiger partial charge in [0.05, 0.1) is 0 Å². The van der Waals surface area contributed by atoms with Gasteiger partial charge in [0.2, 0.25) is 0 Å². The Morgan fingerprint density at radius 3 is 2.50 bits per heavy atom. The van der Waals surface area contributed by atoms with E-state index in [0.717, 1.165) is 17.8 Å². The lowest BCUT2D eigenvalue weighted by Crippen LogP contribution is -2.38. The third-order valence-electron chi connectivity index (χ3n) is 3.17. The molecule has 72 valence electrons. The fraction of sp³-hybridized carbons (Fsp3) is 1.00. The Kier molecular flexibility index (Phi) is 4.07. The van der Waals surface area contributed by atoms with Gasteiger partial charge in [0.25, 0.3) is 0 Å². The fourth-order valence-corrected chi connectivity index (χ4v) is 2.19. The molecule has 1 rings (SSSR count). The van der Waals surface area contributed by atoms with E-state index >= 15 is 0 Å². The zero-order valence-corrected chi connectivity index (χ0v) is 8.77. The summed E-state index contributed by atoms with van der Waals surface area (Å²) >= 11 is 0. The molecule has 1 fully saturated rings. The number of nitrogens with one attached hydrogen (secondary N) is 1. The molecule has 12 heavy (non-hydrogen) atoms. The Labute approximate surface area is 76.9 Å². The average molecular weight is 169 g/mol. The Morgan fingerprint density at radius 1 is 1.33 bits per heavy atom. The van der Waals surface area contributed by atoms with E-state index in [9.17, 15) is 0 Å². The van der Waals surface area contributed by atoms with E-state index in [2.05, 4.69) is 26.1 Å². The van der Waals surface area contributed by atoms with Gasteiger partial charge in [0.15, 0.2) is 0 Å². The quantitative estimate of drug-likeness (QED) is 0.624. The third-order valence-corrected chi connectivity index (χ3v) is 3.17. The molecule has 1 aliphatic rings. The lowest BCUT2D eigenvalue weighted by atomic mass is 9.68. The minimum atomic E-state index is 0.896. The van der Waals surface area contributed by atoms with Crippen LogP contribution in [-0.4, -0.2) is 13.1 Å². The van der Waals surface area contributed by atoms with Crippen molar-refractivity contribution < 1.29 is 0 Å². The molecule has 1 N–H and O–H groups in total. The van der Waals surface area contributed by atoms with Gasteiger partial charge in [-0.3, -0.25) is 0 Å². The summed E-state index contributed by atoms with van der Waals surface area (Å²) < 4.78 is 0. The number of hydrogen-bond donors (Lipinski definition) is 1. The molecule has 0 amide bonds. The highest BCUT2D eigenvalue weighted by atomic mass is 14.9. The van der Waals surface area contributed by atoms with E-state index in [1.165, 1.54) is 32.4 Å². The Bertz CT molecular complexity index is 120. The molecule has 0 heterocycles. The van der Waals surface area contributed by atoms with Gasteiger partial charge >= 0.3 is 0 Å². The Morgan fingerprint density at radius 2 is 2.08 bits per heavy atom. The SMILES string of the molecule is CCCNCC1CCC1C(C)C. The summed E-state index contributed by atoms with van der Waals surface area (Å²) in [5.41, 5.74) is 0. The molecule has 1 nitrogen and oxygen atoms in total. The molecule has 2 unspecified atom stereocenters. The minimum Gasteiger partial charge on any atom is -0.316 e. The van der Waals surface area contributed by atoms with Gasteiger partial charge in [0, 0.05) is 0 Å². The third kappa shape index (κ3) is 2.48. The van der Waals surface area contributed by atoms with E-state index in [1.807, 2.05) is 0 Å². The predicted octanol–water partition coefficient (Wildman–Crippen LogP) is 2.67. The van der Waals surface area contributed by atoms with Crippen LogP contribution in [0.4, 0.5) is 0 Å². The van der Waals surface area contributed by atoms with Crippen molar-refractivity contribution in [3.8, 4) is 0 Å². The van der Waals surface area contributed by atoms with Crippen molar-refractivity contribution in [1.82, 2.24) is 5.32 Å². The molecule has 0 aromatic carbocycles. The zero-order valence-electron chi connectivity index (χ0n) is 8.77. The van der Waals surface area contributed by atoms with Gasteiger partial charge in [-0.1, -0.05) is 20.8 Å². The first-order chi connectivity index (χ1) is 5.75. The number of hydrogen-bond acceptors (Lipinski definition) is 1. The van der Waals surface area contributed by atoms with Crippen LogP contribution in [-0.2, 0) is 0 Å². The molecule has 0 aromatic rings. The van der Waals surface area contributed by atoms with Gasteiger partial charge in [-0.25, -0.2) is 0 Å². The van der Waals surface area contributed by atoms with E-state index in [4.69, 9.17) is 0 Å². The van der Waals surface area contributed by atoms with Gasteiger partial charge in [-0.15, -0.1) is 0 Å². The molecule has 1 aliphatic carbocycles. The van der Waals surface area contributed by atoms with Crippen molar-refractivity contribution in [3.05, 3.63) is 0 Å². The van der Waals surface area contributed by atoms with Crippen molar-refractivity contribution in [2.75, 3.05) is 13.1 Å². The molecule has 0 spiro atoms. The minimum absolute atomic E-state index is 0.896. The van der Waals surface area contributed by atoms with Crippen LogP contribution >= 0.6 is 0 Å². The summed E-state index contributed by atoms with van der Waals surface area (Å²) in [7, 11) is 0. The van der Waals surface area contributed by atoms with Crippen molar-refractivity contribution in [2.45, 2.75) is 40.0 Å². The van der Waals surface area contributed by atoms with Gasteiger partial charge in [0.1, 0.15) is 0 Å². The predicted molar refractivity (Wildman–Crippen MR) is 54.2 cm³/mol. The molecule has 2 atom stereocenters. The van der Waals surface area contributed by atoms with E-state index in [0.29, 0.717) is 0 Å². The largest absolute Gasteiger partial charge is 0.316 e. The van der Waals surface area contributed by atoms with Crippen molar-refractivity contribution in [3.63, 3.8) is 0 Å². The van der Waals surface area contributed by atoms with Gasteiger partial charge in [-0.05, 0) is 50.1 Å². The fourth-order valence-electron chi connectivity index (χ4n) is 2.19. The highest BCUT2D eigenvalue weighted by Crippen LogP contribution is 2.38. The molecular weight excluding hydrogens is 146 g/mol. The first kappa shape index (κ1) is 10.0. The Balaban J connectivity index is 2.08. The zero-order chi connectivity index (χ0) is 8.97. The number of rotatable bonds is 5. The summed E-state index contributed by atoms with van der Waals surface area (Å²) in [6.45, 7) is 9.40. The molecule has 0 saturated heterocycles. The lowest BCUT2D eigenvalue weighted by Gasteiger charge is -2.39. The first-order valence-electron chi connectivity index (χ1n) is 5.46. The van der Waals surface area contributed by atoms with Gasteiger partial charge in [-0.2, -0.15) is 0 Å². The Hall–Kier alpha value is -0.0400. The summed E-state index contributed by atoms with van der Waals surface area (Å²) in [5, 5.41) is 3.52. The molecule has 0 aromatic heterocycles. The van der Waals surface area contributed by atoms with Crippen molar-refractivity contribution >= 4 is 0 Å². The second-order valence-corrected chi connectivity index (χ2v) is 4.45. The first-order valence-corrected chi connectivity index (χ1v) is 5.46. The molecule has 1 saturated carbocycles. The monoisotopic (exact) mass is 169 g/mol. The molecule has 0 bridgehead atoms. The normalized spacial score (nSPS) is 29.0. The second-order valence-electron chi connectivity index (χ2n) is 4.45. The average Bonchev–Trinajstić information content (AvgIpc) is 1.94. The highest BCUT2D eigenvalue weighted by molar-refractivity contribution is 4.83.